The maximum atomic E-state index is 2.31. The molecule has 2 atom stereocenters. The molecule has 0 radical (unpaired) electrons. The third-order valence-corrected chi connectivity index (χ3v) is 5.04. The largest absolute Gasteiger partial charge is 4.00 e. The Hall–Kier alpha value is 0.163. The Labute approximate surface area is 173 Å². The summed E-state index contributed by atoms with van der Waals surface area (Å²) >= 11 is 0. The second-order valence-corrected chi connectivity index (χ2v) is 6.37. The maximum absolute atomic E-state index is 2.31. The molecule has 2 unspecified atom stereocenters. The fourth-order valence-electron chi connectivity index (χ4n) is 3.86. The molecule has 0 N–H and O–H groups in total. The van der Waals surface area contributed by atoms with E-state index in [0.717, 1.165) is 11.8 Å². The fraction of sp³-hybridized carbons (Fsp3) is 0.500. The van der Waals surface area contributed by atoms with Gasteiger partial charge in [-0.1, -0.05) is 50.4 Å². The van der Waals surface area contributed by atoms with Gasteiger partial charge < -0.3 is 24.8 Å². The standard InChI is InChI=1S/2C10H13.2ClH.Zr/c2*1-2-5-9-7-4-8-10(9)6-3-1;;;/h2*1-3,5,10H,4,6-8H2;2*1H;/q2*-1;;;+4/p-2. The number of rotatable bonds is 0. The minimum absolute atomic E-state index is 0. The summed E-state index contributed by atoms with van der Waals surface area (Å²) in [5.74, 6) is 5.17. The van der Waals surface area contributed by atoms with Crippen molar-refractivity contribution in [2.45, 2.75) is 51.4 Å². The molecule has 0 aromatic heterocycles. The van der Waals surface area contributed by atoms with Crippen LogP contribution in [0.2, 0.25) is 0 Å². The van der Waals surface area contributed by atoms with Gasteiger partial charge in [0.25, 0.3) is 0 Å². The monoisotopic (exact) mass is 426 g/mol. The predicted octanol–water partition coefficient (Wildman–Crippen LogP) is -0.240. The number of fused-ring (bicyclic) bond motifs is 2. The minimum atomic E-state index is 0. The molecule has 4 aliphatic rings. The summed E-state index contributed by atoms with van der Waals surface area (Å²) in [6.07, 6.45) is 28.8. The van der Waals surface area contributed by atoms with Gasteiger partial charge in [-0.05, 0) is 12.8 Å². The third kappa shape index (κ3) is 6.89. The molecule has 0 amide bonds. The average molecular weight is 429 g/mol. The topological polar surface area (TPSA) is 0 Å². The van der Waals surface area contributed by atoms with Crippen LogP contribution in [0.4, 0.5) is 0 Å². The van der Waals surface area contributed by atoms with Gasteiger partial charge >= 0.3 is 26.2 Å². The summed E-state index contributed by atoms with van der Waals surface area (Å²) in [5.41, 5.74) is 0. The first kappa shape index (κ1) is 23.2. The van der Waals surface area contributed by atoms with E-state index in [1.54, 1.807) is 11.8 Å². The summed E-state index contributed by atoms with van der Waals surface area (Å²) in [6.45, 7) is 0. The van der Waals surface area contributed by atoms with Gasteiger partial charge in [0, 0.05) is 0 Å². The van der Waals surface area contributed by atoms with Crippen molar-refractivity contribution in [3.05, 3.63) is 60.4 Å². The van der Waals surface area contributed by atoms with Gasteiger partial charge in [0.2, 0.25) is 0 Å². The normalized spacial score (nSPS) is 26.4. The van der Waals surface area contributed by atoms with E-state index in [1.807, 2.05) is 0 Å². The van der Waals surface area contributed by atoms with E-state index in [9.17, 15) is 0 Å². The van der Waals surface area contributed by atoms with Crippen molar-refractivity contribution in [1.82, 2.24) is 0 Å². The molecule has 2 fully saturated rings. The summed E-state index contributed by atoms with van der Waals surface area (Å²) in [7, 11) is 0. The van der Waals surface area contributed by atoms with Crippen LogP contribution in [-0.4, -0.2) is 0 Å². The molecule has 4 aliphatic carbocycles. The van der Waals surface area contributed by atoms with Crippen molar-refractivity contribution in [2.24, 2.45) is 11.8 Å². The molecule has 0 heterocycles. The van der Waals surface area contributed by atoms with E-state index < -0.39 is 0 Å². The van der Waals surface area contributed by atoms with Crippen molar-refractivity contribution >= 4 is 0 Å². The van der Waals surface area contributed by atoms with Gasteiger partial charge in [-0.25, -0.2) is 36.1 Å². The molecule has 2 saturated carbocycles. The molecule has 0 aliphatic heterocycles. The average Bonchev–Trinajstić information content (AvgIpc) is 2.98. The van der Waals surface area contributed by atoms with Crippen LogP contribution < -0.4 is 24.8 Å². The van der Waals surface area contributed by atoms with E-state index in [4.69, 9.17) is 0 Å². The molecule has 0 aromatic rings. The van der Waals surface area contributed by atoms with Crippen LogP contribution >= 0.6 is 0 Å². The van der Waals surface area contributed by atoms with Crippen LogP contribution in [0.25, 0.3) is 0 Å². The Morgan fingerprint density at radius 3 is 1.52 bits per heavy atom. The van der Waals surface area contributed by atoms with Crippen LogP contribution in [0.3, 0.4) is 0 Å². The van der Waals surface area contributed by atoms with E-state index >= 15 is 0 Å². The second-order valence-electron chi connectivity index (χ2n) is 6.37. The van der Waals surface area contributed by atoms with Crippen molar-refractivity contribution in [3.8, 4) is 0 Å². The Morgan fingerprint density at radius 2 is 1.09 bits per heavy atom. The van der Waals surface area contributed by atoms with Crippen molar-refractivity contribution in [1.29, 1.82) is 0 Å². The second kappa shape index (κ2) is 12.5. The number of allylic oxidation sites excluding steroid dienone is 8. The molecule has 4 rings (SSSR count). The summed E-state index contributed by atoms with van der Waals surface area (Å²) in [5, 5.41) is 0. The van der Waals surface area contributed by atoms with Gasteiger partial charge in [-0.15, -0.1) is 24.3 Å². The Bertz CT molecular complexity index is 385. The number of halogens is 2. The Kier molecular flexibility index (Phi) is 12.6. The van der Waals surface area contributed by atoms with Gasteiger partial charge in [0.05, 0.1) is 0 Å². The molecule has 0 spiro atoms. The van der Waals surface area contributed by atoms with E-state index in [1.165, 1.54) is 51.4 Å². The molecule has 0 nitrogen and oxygen atoms in total. The maximum Gasteiger partial charge on any atom is 4.00 e. The van der Waals surface area contributed by atoms with Crippen LogP contribution in [0.1, 0.15) is 51.4 Å². The van der Waals surface area contributed by atoms with E-state index in [-0.39, 0.29) is 51.0 Å². The van der Waals surface area contributed by atoms with Crippen LogP contribution in [0.15, 0.2) is 48.6 Å². The smallest absolute Gasteiger partial charge is 1.00 e. The zero-order chi connectivity index (χ0) is 13.6. The first-order valence-electron chi connectivity index (χ1n) is 8.31. The summed E-state index contributed by atoms with van der Waals surface area (Å²) in [6, 6.07) is 0. The predicted molar refractivity (Wildman–Crippen MR) is 87.0 cm³/mol. The Balaban J connectivity index is 0.000000372. The van der Waals surface area contributed by atoms with E-state index in [2.05, 4.69) is 48.6 Å². The van der Waals surface area contributed by atoms with Gasteiger partial charge in [0.1, 0.15) is 0 Å². The first-order valence-corrected chi connectivity index (χ1v) is 8.31. The zero-order valence-electron chi connectivity index (χ0n) is 13.7. The minimum Gasteiger partial charge on any atom is -1.00 e. The van der Waals surface area contributed by atoms with Crippen molar-refractivity contribution in [2.75, 3.05) is 0 Å². The number of hydrogen-bond acceptors (Lipinski definition) is 0. The van der Waals surface area contributed by atoms with Crippen LogP contribution in [0.5, 0.6) is 0 Å². The van der Waals surface area contributed by atoms with Gasteiger partial charge in [0.15, 0.2) is 0 Å². The van der Waals surface area contributed by atoms with Crippen molar-refractivity contribution in [3.63, 3.8) is 0 Å². The Morgan fingerprint density at radius 1 is 0.652 bits per heavy atom. The molecule has 0 bridgehead atoms. The SMILES string of the molecule is C1=CCC2CCC[C-]2C=C1.C1=CCC2CCC[C-]2C=C1.[Cl-].[Cl-].[Zr+4]. The zero-order valence-corrected chi connectivity index (χ0v) is 17.7. The van der Waals surface area contributed by atoms with Gasteiger partial charge in [-0.2, -0.15) is 0 Å². The van der Waals surface area contributed by atoms with Gasteiger partial charge in [-0.3, -0.25) is 0 Å². The summed E-state index contributed by atoms with van der Waals surface area (Å²) in [4.78, 5) is 0. The summed E-state index contributed by atoms with van der Waals surface area (Å²) < 4.78 is 0. The quantitative estimate of drug-likeness (QED) is 0.468. The van der Waals surface area contributed by atoms with Crippen molar-refractivity contribution < 1.29 is 51.0 Å². The molecular formula is C20H26Cl2Zr. The molecule has 0 aromatic carbocycles. The van der Waals surface area contributed by atoms with E-state index in [0.29, 0.717) is 0 Å². The molecule has 3 heteroatoms. The fourth-order valence-corrected chi connectivity index (χ4v) is 3.86. The number of hydrogen-bond donors (Lipinski definition) is 0. The molecular weight excluding hydrogens is 402 g/mol. The molecule has 0 saturated heterocycles. The van der Waals surface area contributed by atoms with Crippen LogP contribution in [0, 0.1) is 23.7 Å². The molecule has 124 valence electrons. The molecule has 23 heavy (non-hydrogen) atoms. The first-order chi connectivity index (χ1) is 9.93. The van der Waals surface area contributed by atoms with Crippen LogP contribution in [-0.2, 0) is 26.2 Å². The third-order valence-electron chi connectivity index (χ3n) is 5.04.